The summed E-state index contributed by atoms with van der Waals surface area (Å²) in [5, 5.41) is 4.23. The third-order valence-corrected chi connectivity index (χ3v) is 11.4. The van der Waals surface area contributed by atoms with Gasteiger partial charge in [-0.05, 0) is 69.3 Å². The van der Waals surface area contributed by atoms with Crippen LogP contribution in [0.25, 0.3) is 71.6 Å². The molecule has 0 radical (unpaired) electrons. The number of nitrogens with zero attached hydrogens (tertiary/aromatic N) is 4. The predicted octanol–water partition coefficient (Wildman–Crippen LogP) is 11.7. The molecule has 4 heterocycles. The number of imidazole rings is 1. The van der Waals surface area contributed by atoms with Crippen molar-refractivity contribution in [3.05, 3.63) is 192 Å². The van der Waals surface area contributed by atoms with E-state index in [0.717, 1.165) is 71.6 Å². The Morgan fingerprint density at radius 3 is 2.11 bits per heavy atom. The van der Waals surface area contributed by atoms with Gasteiger partial charge in [0.1, 0.15) is 0 Å². The van der Waals surface area contributed by atoms with Gasteiger partial charge in [0.05, 0.1) is 27.7 Å². The van der Waals surface area contributed by atoms with Crippen molar-refractivity contribution in [1.82, 2.24) is 19.4 Å². The molecule has 0 saturated heterocycles. The molecule has 1 aliphatic rings. The molecule has 0 saturated carbocycles. The van der Waals surface area contributed by atoms with E-state index < -0.39 is 5.41 Å². The Morgan fingerprint density at radius 2 is 1.31 bits per heavy atom. The summed E-state index contributed by atoms with van der Waals surface area (Å²) < 4.78 is 2.25. The van der Waals surface area contributed by atoms with Crippen molar-refractivity contribution in [3.63, 3.8) is 0 Å². The second-order valence-corrected chi connectivity index (χ2v) is 15.5. The zero-order valence-electron chi connectivity index (χ0n) is 30.5. The molecule has 5 heteroatoms. The van der Waals surface area contributed by atoms with Gasteiger partial charge in [-0.15, -0.1) is 52.4 Å². The molecule has 0 fully saturated rings. The molecule has 1 aliphatic carbocycles. The summed E-state index contributed by atoms with van der Waals surface area (Å²) in [5.74, 6) is 0. The minimum Gasteiger partial charge on any atom is -0.332 e. The number of pyridine rings is 3. The zero-order chi connectivity index (χ0) is 36.2. The topological polar surface area (TPSA) is 43.1 Å². The molecule has 4 aromatic heterocycles. The predicted molar refractivity (Wildman–Crippen MR) is 220 cm³/mol. The summed E-state index contributed by atoms with van der Waals surface area (Å²) >= 11 is 0. The third kappa shape index (κ3) is 4.77. The van der Waals surface area contributed by atoms with Crippen molar-refractivity contribution in [2.75, 3.05) is 0 Å². The van der Waals surface area contributed by atoms with Crippen molar-refractivity contribution in [1.29, 1.82) is 0 Å². The maximum atomic E-state index is 5.26. The van der Waals surface area contributed by atoms with E-state index in [1.54, 1.807) is 0 Å². The molecule has 55 heavy (non-hydrogen) atoms. The Kier molecular flexibility index (Phi) is 7.50. The number of rotatable bonds is 3. The number of aromatic nitrogens is 4. The molecule has 0 atom stereocenters. The fourth-order valence-electron chi connectivity index (χ4n) is 8.95. The van der Waals surface area contributed by atoms with Crippen LogP contribution in [0.2, 0.25) is 0 Å². The zero-order valence-corrected chi connectivity index (χ0v) is 32.8. The normalized spacial score (nSPS) is 13.4. The first-order valence-electron chi connectivity index (χ1n) is 18.5. The van der Waals surface area contributed by atoms with Gasteiger partial charge in [0, 0.05) is 17.8 Å². The fourth-order valence-corrected chi connectivity index (χ4v) is 8.95. The molecular formula is C50H34N4Pt. The fraction of sp³-hybridized carbons (Fsp3) is 0.100. The number of para-hydroxylation sites is 2. The number of hydrogen-bond donors (Lipinski definition) is 0. The number of benzene rings is 6. The second kappa shape index (κ2) is 12.3. The summed E-state index contributed by atoms with van der Waals surface area (Å²) in [6, 6.07) is 58.1. The summed E-state index contributed by atoms with van der Waals surface area (Å²) in [4.78, 5) is 15.2. The monoisotopic (exact) mass is 885 g/mol. The standard InChI is InChI=1S/C50H34N4.Pt/c1-49(2,3)32-24-26-51-44(30-32)39-29-34(27-31-13-4-5-14-35(31)39)50(41-17-8-6-15-36(41)37-16-7-9-18-42(37)50)33-22-23-38-40(28-33)48-53-43-19-10-11-20-45(43)54(48)46-21-12-25-52-47(38)46;/h4-27,30H,1-3H3;/q-2;+2. The van der Waals surface area contributed by atoms with Crippen molar-refractivity contribution in [3.8, 4) is 22.4 Å². The summed E-state index contributed by atoms with van der Waals surface area (Å²) in [6.07, 6.45) is 3.82. The van der Waals surface area contributed by atoms with Crippen molar-refractivity contribution < 1.29 is 21.1 Å². The van der Waals surface area contributed by atoms with Gasteiger partial charge in [0.25, 0.3) is 0 Å². The van der Waals surface area contributed by atoms with Crippen LogP contribution in [0.4, 0.5) is 0 Å². The number of hydrogen-bond acceptors (Lipinski definition) is 3. The quantitative estimate of drug-likeness (QED) is 0.131. The Hall–Kier alpha value is -5.96. The average Bonchev–Trinajstić information content (AvgIpc) is 3.75. The smallest absolute Gasteiger partial charge is 0.332 e. The van der Waals surface area contributed by atoms with Crippen LogP contribution in [0.15, 0.2) is 152 Å². The van der Waals surface area contributed by atoms with E-state index >= 15 is 0 Å². The number of fused-ring (bicyclic) bond motifs is 12. The largest absolute Gasteiger partial charge is 2.00 e. The van der Waals surface area contributed by atoms with Gasteiger partial charge < -0.3 is 9.38 Å². The van der Waals surface area contributed by atoms with Crippen LogP contribution >= 0.6 is 0 Å². The Morgan fingerprint density at radius 1 is 0.600 bits per heavy atom. The molecule has 11 rings (SSSR count). The first-order chi connectivity index (χ1) is 26.4. The maximum Gasteiger partial charge on any atom is 2.00 e. The van der Waals surface area contributed by atoms with Crippen LogP contribution in [0.3, 0.4) is 0 Å². The molecule has 0 bridgehead atoms. The van der Waals surface area contributed by atoms with Gasteiger partial charge in [-0.25, -0.2) is 0 Å². The van der Waals surface area contributed by atoms with E-state index in [-0.39, 0.29) is 26.5 Å². The van der Waals surface area contributed by atoms with Crippen molar-refractivity contribution >= 4 is 49.3 Å². The van der Waals surface area contributed by atoms with Gasteiger partial charge >= 0.3 is 21.1 Å². The first-order valence-corrected chi connectivity index (χ1v) is 18.5. The molecule has 0 aliphatic heterocycles. The van der Waals surface area contributed by atoms with Crippen molar-refractivity contribution in [2.24, 2.45) is 0 Å². The van der Waals surface area contributed by atoms with E-state index in [1.807, 2.05) is 24.5 Å². The van der Waals surface area contributed by atoms with Gasteiger partial charge in [0.15, 0.2) is 0 Å². The summed E-state index contributed by atoms with van der Waals surface area (Å²) in [6.45, 7) is 6.75. The summed E-state index contributed by atoms with van der Waals surface area (Å²) in [5.41, 5.74) is 14.1. The molecule has 6 aromatic carbocycles. The van der Waals surface area contributed by atoms with Crippen LogP contribution in [0.5, 0.6) is 0 Å². The molecule has 4 nitrogen and oxygen atoms in total. The average molecular weight is 886 g/mol. The Labute approximate surface area is 333 Å². The second-order valence-electron chi connectivity index (χ2n) is 15.5. The first kappa shape index (κ1) is 33.6. The van der Waals surface area contributed by atoms with Gasteiger partial charge in [-0.3, -0.25) is 9.97 Å². The molecule has 0 amide bonds. The van der Waals surface area contributed by atoms with Gasteiger partial charge in [0.2, 0.25) is 0 Å². The molecular weight excluding hydrogens is 852 g/mol. The Bertz CT molecular complexity index is 3120. The molecule has 10 aromatic rings. The third-order valence-electron chi connectivity index (χ3n) is 11.4. The minimum atomic E-state index is -0.746. The van der Waals surface area contributed by atoms with Crippen molar-refractivity contribution in [2.45, 2.75) is 31.6 Å². The van der Waals surface area contributed by atoms with E-state index in [2.05, 4.69) is 165 Å². The maximum absolute atomic E-state index is 5.26. The van der Waals surface area contributed by atoms with Crippen LogP contribution < -0.4 is 0 Å². The Balaban J connectivity index is 0.00000372. The van der Waals surface area contributed by atoms with Crippen LogP contribution in [-0.2, 0) is 31.9 Å². The van der Waals surface area contributed by atoms with E-state index in [1.165, 1.54) is 27.8 Å². The van der Waals surface area contributed by atoms with Crippen LogP contribution in [-0.4, -0.2) is 19.4 Å². The molecule has 0 spiro atoms. The van der Waals surface area contributed by atoms with E-state index in [9.17, 15) is 0 Å². The van der Waals surface area contributed by atoms with Gasteiger partial charge in [-0.1, -0.05) is 128 Å². The van der Waals surface area contributed by atoms with Crippen LogP contribution in [0.1, 0.15) is 48.6 Å². The van der Waals surface area contributed by atoms with E-state index in [4.69, 9.17) is 15.0 Å². The van der Waals surface area contributed by atoms with Crippen LogP contribution in [0, 0.1) is 12.1 Å². The molecule has 0 N–H and O–H groups in total. The van der Waals surface area contributed by atoms with E-state index in [0.29, 0.717) is 0 Å². The minimum absolute atomic E-state index is 0. The molecule has 0 unspecified atom stereocenters. The molecule has 264 valence electrons. The summed E-state index contributed by atoms with van der Waals surface area (Å²) in [7, 11) is 0. The SMILES string of the molecule is CC(C)(C)c1ccnc(-c2[c-]c(C3(c4[c-]c5c(cc4)c4ncccc4n4c6ccccc6nc54)c4ccccc4-c4ccccc43)cc3ccccc23)c1.[Pt+2]. The van der Waals surface area contributed by atoms with Gasteiger partial charge in [-0.2, -0.15) is 0 Å².